The molecule has 1 aliphatic carbocycles. The van der Waals surface area contributed by atoms with Crippen molar-refractivity contribution in [1.29, 1.82) is 0 Å². The molecule has 0 N–H and O–H groups in total. The maximum absolute atomic E-state index is 5.41. The van der Waals surface area contributed by atoms with Gasteiger partial charge in [-0.1, -0.05) is 12.2 Å². The van der Waals surface area contributed by atoms with Gasteiger partial charge in [0.1, 0.15) is 23.9 Å². The van der Waals surface area contributed by atoms with Gasteiger partial charge in [0, 0.05) is 0 Å². The van der Waals surface area contributed by atoms with Crippen molar-refractivity contribution < 1.29 is 9.47 Å². The van der Waals surface area contributed by atoms with Crippen LogP contribution in [0.15, 0.2) is 12.2 Å². The van der Waals surface area contributed by atoms with E-state index in [0.717, 1.165) is 0 Å². The molecule has 4 atom stereocenters. The molecule has 2 saturated heterocycles. The van der Waals surface area contributed by atoms with Crippen molar-refractivity contribution in [2.45, 2.75) is 30.8 Å². The van der Waals surface area contributed by atoms with E-state index in [4.69, 9.17) is 9.47 Å². The molecule has 0 amide bonds. The minimum atomic E-state index is 0.0532. The summed E-state index contributed by atoms with van der Waals surface area (Å²) < 4.78 is 10.7. The van der Waals surface area contributed by atoms with Crippen LogP contribution in [0.3, 0.4) is 0 Å². The van der Waals surface area contributed by atoms with E-state index in [0.29, 0.717) is 18.3 Å². The van der Waals surface area contributed by atoms with Gasteiger partial charge in [0.15, 0.2) is 0 Å². The fourth-order valence-electron chi connectivity index (χ4n) is 1.59. The lowest BCUT2D eigenvalue weighted by Gasteiger charge is -1.98. The van der Waals surface area contributed by atoms with Crippen molar-refractivity contribution in [3.8, 4) is 0 Å². The van der Waals surface area contributed by atoms with Gasteiger partial charge in [-0.2, -0.15) is 0 Å². The maximum atomic E-state index is 5.41. The summed E-state index contributed by atoms with van der Waals surface area (Å²) in [6, 6.07) is 0. The molecule has 2 heterocycles. The molecule has 48 valence electrons. The number of epoxide rings is 2. The SMILES string of the molecule is C[C@@]12C=C[C@@H]3O[C@@H]3[C@@H]1O2. The van der Waals surface area contributed by atoms with Gasteiger partial charge in [0.05, 0.1) is 0 Å². The second-order valence-corrected chi connectivity index (χ2v) is 3.15. The third-order valence-corrected chi connectivity index (χ3v) is 2.37. The minimum absolute atomic E-state index is 0.0532. The number of fused-ring (bicyclic) bond motifs is 3. The fourth-order valence-corrected chi connectivity index (χ4v) is 1.59. The second-order valence-electron chi connectivity index (χ2n) is 3.15. The van der Waals surface area contributed by atoms with E-state index in [1.165, 1.54) is 0 Å². The highest BCUT2D eigenvalue weighted by Gasteiger charge is 2.65. The van der Waals surface area contributed by atoms with Crippen LogP contribution in [-0.4, -0.2) is 23.9 Å². The Morgan fingerprint density at radius 1 is 1.56 bits per heavy atom. The zero-order chi connectivity index (χ0) is 6.06. The Morgan fingerprint density at radius 3 is 3.22 bits per heavy atom. The molecule has 0 spiro atoms. The molecule has 0 aromatic carbocycles. The Bertz CT molecular complexity index is 199. The van der Waals surface area contributed by atoms with E-state index < -0.39 is 0 Å². The summed E-state index contributed by atoms with van der Waals surface area (Å²) in [7, 11) is 0. The molecule has 0 bridgehead atoms. The molecule has 3 aliphatic rings. The van der Waals surface area contributed by atoms with Gasteiger partial charge >= 0.3 is 0 Å². The van der Waals surface area contributed by atoms with E-state index in [1.54, 1.807) is 0 Å². The Kier molecular flexibility index (Phi) is 0.485. The van der Waals surface area contributed by atoms with Crippen LogP contribution in [0.25, 0.3) is 0 Å². The third-order valence-electron chi connectivity index (χ3n) is 2.37. The summed E-state index contributed by atoms with van der Waals surface area (Å²) in [5.74, 6) is 0. The predicted octanol–water partition coefficient (Wildman–Crippen LogP) is 0.481. The standard InChI is InChI=1S/C7H8O2/c1-7-3-2-4-5(8-4)6(7)9-7/h2-6H,1H3/t4-,5-,6-,7+/m0/s1. The van der Waals surface area contributed by atoms with Crippen LogP contribution >= 0.6 is 0 Å². The summed E-state index contributed by atoms with van der Waals surface area (Å²) in [5, 5.41) is 0. The predicted molar refractivity (Wildman–Crippen MR) is 31.1 cm³/mol. The van der Waals surface area contributed by atoms with Crippen LogP contribution in [0.2, 0.25) is 0 Å². The molecular weight excluding hydrogens is 116 g/mol. The highest BCUT2D eigenvalue weighted by atomic mass is 16.7. The van der Waals surface area contributed by atoms with Crippen molar-refractivity contribution in [1.82, 2.24) is 0 Å². The van der Waals surface area contributed by atoms with Crippen LogP contribution < -0.4 is 0 Å². The van der Waals surface area contributed by atoms with Gasteiger partial charge < -0.3 is 9.47 Å². The first-order chi connectivity index (χ1) is 4.30. The van der Waals surface area contributed by atoms with Gasteiger partial charge in [0.25, 0.3) is 0 Å². The monoisotopic (exact) mass is 124 g/mol. The van der Waals surface area contributed by atoms with Crippen molar-refractivity contribution >= 4 is 0 Å². The highest BCUT2D eigenvalue weighted by molar-refractivity contribution is 5.29. The van der Waals surface area contributed by atoms with Gasteiger partial charge in [-0.25, -0.2) is 0 Å². The fraction of sp³-hybridized carbons (Fsp3) is 0.714. The van der Waals surface area contributed by atoms with Crippen LogP contribution in [-0.2, 0) is 9.47 Å². The molecule has 3 rings (SSSR count). The Hall–Kier alpha value is -0.340. The minimum Gasteiger partial charge on any atom is -0.362 e. The Balaban J connectivity index is 2.04. The average Bonchev–Trinajstić information content (AvgIpc) is 2.52. The van der Waals surface area contributed by atoms with E-state index >= 15 is 0 Å². The van der Waals surface area contributed by atoms with Crippen LogP contribution in [0.5, 0.6) is 0 Å². The summed E-state index contributed by atoms with van der Waals surface area (Å²) in [4.78, 5) is 0. The van der Waals surface area contributed by atoms with Gasteiger partial charge in [0.2, 0.25) is 0 Å². The van der Waals surface area contributed by atoms with E-state index in [1.807, 2.05) is 0 Å². The zero-order valence-electron chi connectivity index (χ0n) is 5.20. The van der Waals surface area contributed by atoms with Crippen LogP contribution in [0, 0.1) is 0 Å². The number of rotatable bonds is 0. The lowest BCUT2D eigenvalue weighted by Crippen LogP contribution is -2.16. The van der Waals surface area contributed by atoms with Crippen LogP contribution in [0.1, 0.15) is 6.92 Å². The average molecular weight is 124 g/mol. The number of ether oxygens (including phenoxy) is 2. The molecule has 2 nitrogen and oxygen atoms in total. The molecular formula is C7H8O2. The van der Waals surface area contributed by atoms with E-state index in [2.05, 4.69) is 19.1 Å². The second kappa shape index (κ2) is 0.976. The topological polar surface area (TPSA) is 25.1 Å². The van der Waals surface area contributed by atoms with Crippen molar-refractivity contribution in [3.05, 3.63) is 12.2 Å². The molecule has 0 radical (unpaired) electrons. The summed E-state index contributed by atoms with van der Waals surface area (Å²) in [6.45, 7) is 2.10. The normalized spacial score (nSPS) is 66.6. The first-order valence-corrected chi connectivity index (χ1v) is 3.32. The molecule has 2 fully saturated rings. The smallest absolute Gasteiger partial charge is 0.120 e. The highest BCUT2D eigenvalue weighted by Crippen LogP contribution is 2.51. The Morgan fingerprint density at radius 2 is 2.44 bits per heavy atom. The molecule has 2 heteroatoms. The molecule has 9 heavy (non-hydrogen) atoms. The van der Waals surface area contributed by atoms with Gasteiger partial charge in [-0.3, -0.25) is 0 Å². The molecule has 0 aromatic rings. The molecule has 0 unspecified atom stereocenters. The van der Waals surface area contributed by atoms with E-state index in [-0.39, 0.29) is 5.60 Å². The summed E-state index contributed by atoms with van der Waals surface area (Å²) in [6.07, 6.45) is 5.40. The largest absolute Gasteiger partial charge is 0.362 e. The first-order valence-electron chi connectivity index (χ1n) is 3.32. The van der Waals surface area contributed by atoms with Crippen molar-refractivity contribution in [3.63, 3.8) is 0 Å². The van der Waals surface area contributed by atoms with E-state index in [9.17, 15) is 0 Å². The molecule has 0 saturated carbocycles. The lowest BCUT2D eigenvalue weighted by atomic mass is 9.98. The molecule has 2 aliphatic heterocycles. The maximum Gasteiger partial charge on any atom is 0.120 e. The third kappa shape index (κ3) is 0.404. The zero-order valence-corrected chi connectivity index (χ0v) is 5.20. The quantitative estimate of drug-likeness (QED) is 0.346. The molecule has 0 aromatic heterocycles. The number of hydrogen-bond donors (Lipinski definition) is 0. The lowest BCUT2D eigenvalue weighted by molar-refractivity contribution is 0.299. The van der Waals surface area contributed by atoms with Crippen molar-refractivity contribution in [2.75, 3.05) is 0 Å². The number of hydrogen-bond acceptors (Lipinski definition) is 2. The van der Waals surface area contributed by atoms with Gasteiger partial charge in [-0.05, 0) is 6.92 Å². The van der Waals surface area contributed by atoms with Crippen LogP contribution in [0.4, 0.5) is 0 Å². The van der Waals surface area contributed by atoms with Crippen molar-refractivity contribution in [2.24, 2.45) is 0 Å². The summed E-state index contributed by atoms with van der Waals surface area (Å²) >= 11 is 0. The Labute approximate surface area is 53.4 Å². The van der Waals surface area contributed by atoms with Gasteiger partial charge in [-0.15, -0.1) is 0 Å². The first kappa shape index (κ1) is 4.47. The summed E-state index contributed by atoms with van der Waals surface area (Å²) in [5.41, 5.74) is 0.0532.